The molecule has 0 aliphatic rings. The van der Waals surface area contributed by atoms with E-state index in [4.69, 9.17) is 24.4 Å². The second-order valence-electron chi connectivity index (χ2n) is 5.60. The summed E-state index contributed by atoms with van der Waals surface area (Å²) >= 11 is 18.2. The fraction of sp³-hybridized carbons (Fsp3) is 0.889. The van der Waals surface area contributed by atoms with Gasteiger partial charge in [0.1, 0.15) is 17.8 Å². The summed E-state index contributed by atoms with van der Waals surface area (Å²) in [5, 5.41) is 14.8. The Labute approximate surface area is 262 Å². The van der Waals surface area contributed by atoms with Gasteiger partial charge in [-0.1, -0.05) is 0 Å². The quantitative estimate of drug-likeness (QED) is 0.0311. The van der Waals surface area contributed by atoms with Crippen molar-refractivity contribution in [1.29, 1.82) is 0 Å². The van der Waals surface area contributed by atoms with E-state index in [1.807, 2.05) is 29.8 Å². The van der Waals surface area contributed by atoms with Crippen molar-refractivity contribution >= 4 is 141 Å². The number of esters is 2. The van der Waals surface area contributed by atoms with Gasteiger partial charge in [-0.15, -0.1) is 118 Å². The Morgan fingerprint density at radius 2 is 1.03 bits per heavy atom. The number of carbonyl (C=O) groups is 2. The van der Waals surface area contributed by atoms with E-state index >= 15 is 0 Å². The number of aliphatic hydroxyl groups excluding tert-OH is 1. The molecule has 18 heteroatoms. The fourth-order valence-electron chi connectivity index (χ4n) is 1.48. The molecule has 36 heavy (non-hydrogen) atoms. The fourth-order valence-corrected chi connectivity index (χ4v) is 11.4. The second-order valence-corrected chi connectivity index (χ2v) is 18.8. The summed E-state index contributed by atoms with van der Waals surface area (Å²) in [7, 11) is 0. The van der Waals surface area contributed by atoms with Gasteiger partial charge >= 0.3 is 11.9 Å². The van der Waals surface area contributed by atoms with Crippen LogP contribution in [0.2, 0.25) is 0 Å². The normalized spacial score (nSPS) is 11.1. The highest BCUT2D eigenvalue weighted by molar-refractivity contribution is 8.26. The lowest BCUT2D eigenvalue weighted by atomic mass is 10.8. The first-order chi connectivity index (χ1) is 17.7. The van der Waals surface area contributed by atoms with E-state index in [2.05, 4.69) is 0 Å². The Hall–Kier alpha value is 2.67. The molecule has 0 aliphatic carbocycles. The molecular weight excluding hydrogens is 681 g/mol. The lowest BCUT2D eigenvalue weighted by Gasteiger charge is -2.06. The van der Waals surface area contributed by atoms with Gasteiger partial charge < -0.3 is 14.6 Å². The van der Waals surface area contributed by atoms with Gasteiger partial charge in [0.25, 0.3) is 0 Å². The zero-order valence-corrected chi connectivity index (χ0v) is 29.0. The monoisotopic (exact) mass is 714 g/mol. The molecule has 0 unspecified atom stereocenters. The predicted molar refractivity (Wildman–Crippen MR) is 179 cm³/mol. The Kier molecular flexibility index (Phi) is 36.4. The molecule has 0 aromatic carbocycles. The predicted octanol–water partition coefficient (Wildman–Crippen LogP) is 6.24. The molecule has 0 spiro atoms. The molecule has 0 saturated heterocycles. The highest BCUT2D eigenvalue weighted by atomic mass is 32.3. The van der Waals surface area contributed by atoms with Crippen LogP contribution >= 0.6 is 129 Å². The zero-order chi connectivity index (χ0) is 26.4. The van der Waals surface area contributed by atoms with Gasteiger partial charge in [0.05, 0.1) is 24.1 Å². The van der Waals surface area contributed by atoms with Crippen molar-refractivity contribution in [3.8, 4) is 0 Å². The van der Waals surface area contributed by atoms with Crippen LogP contribution in [0.15, 0.2) is 0 Å². The molecule has 1 N–H and O–H groups in total. The molecule has 7 nitrogen and oxygen atoms in total. The minimum atomic E-state index is -0.205. The van der Waals surface area contributed by atoms with Crippen LogP contribution in [0.1, 0.15) is 0 Å². The highest BCUT2D eigenvalue weighted by Gasteiger charge is 2.05. The first kappa shape index (κ1) is 38.7. The molecule has 0 atom stereocenters. The molecular formula is C18H34O7S11. The van der Waals surface area contributed by atoms with Crippen molar-refractivity contribution in [2.75, 3.05) is 89.5 Å². The number of ether oxygens (including phenoxy) is 2. The molecule has 0 aromatic rings. The number of carbonyl (C=O) groups excluding carboxylic acids is 2. The largest absolute Gasteiger partial charge is 0.454 e. The second kappa shape index (κ2) is 33.9. The molecule has 0 rings (SSSR count). The topological polar surface area (TPSA) is 91.3 Å². The third-order valence-corrected chi connectivity index (χ3v) is 14.7. The van der Waals surface area contributed by atoms with Crippen LogP contribution in [0.4, 0.5) is 0 Å². The van der Waals surface area contributed by atoms with E-state index in [0.717, 1.165) is 36.3 Å². The van der Waals surface area contributed by atoms with E-state index in [0.29, 0.717) is 41.0 Å². The van der Waals surface area contributed by atoms with Crippen LogP contribution in [-0.4, -0.2) is 107 Å². The van der Waals surface area contributed by atoms with Crippen LogP contribution in [0.5, 0.6) is 0 Å². The summed E-state index contributed by atoms with van der Waals surface area (Å²) < 4.78 is 10.3. The number of rotatable bonds is 29. The smallest absolute Gasteiger partial charge is 0.316 e. The maximum atomic E-state index is 11.8. The Bertz CT molecular complexity index is 498. The Morgan fingerprint density at radius 3 is 1.53 bits per heavy atom. The third kappa shape index (κ3) is 32.9. The van der Waals surface area contributed by atoms with E-state index in [1.165, 1.54) is 23.5 Å². The van der Waals surface area contributed by atoms with Gasteiger partial charge in [-0.25, -0.2) is 9.78 Å². The molecule has 0 aliphatic heterocycles. The van der Waals surface area contributed by atoms with E-state index in [-0.39, 0.29) is 17.9 Å². The lowest BCUT2D eigenvalue weighted by Crippen LogP contribution is -2.07. The first-order valence-corrected chi connectivity index (χ1v) is 23.1. The Balaban J connectivity index is 3.22. The van der Waals surface area contributed by atoms with E-state index in [9.17, 15) is 9.59 Å². The van der Waals surface area contributed by atoms with Crippen LogP contribution in [0.3, 0.4) is 0 Å². The Morgan fingerprint density at radius 1 is 0.583 bits per heavy atom. The summed E-state index contributed by atoms with van der Waals surface area (Å²) in [6.45, 7) is 0.624. The van der Waals surface area contributed by atoms with Gasteiger partial charge in [-0.05, 0) is 6.26 Å². The molecule has 0 heterocycles. The SMILES string of the molecule is CSCCOOCSCSCSCSCOC(=O)CSCSCSCSCC(=O)OCSCSCO. The van der Waals surface area contributed by atoms with Gasteiger partial charge in [0, 0.05) is 41.3 Å². The summed E-state index contributed by atoms with van der Waals surface area (Å²) in [6, 6.07) is 0. The minimum absolute atomic E-state index is 0.0836. The van der Waals surface area contributed by atoms with Crippen molar-refractivity contribution in [2.24, 2.45) is 0 Å². The average Bonchev–Trinajstić information content (AvgIpc) is 2.87. The first-order valence-electron chi connectivity index (χ1n) is 10.1. The van der Waals surface area contributed by atoms with Crippen molar-refractivity contribution < 1.29 is 33.9 Å². The molecule has 0 saturated carbocycles. The van der Waals surface area contributed by atoms with Crippen LogP contribution < -0.4 is 0 Å². The van der Waals surface area contributed by atoms with Crippen LogP contribution in [0.25, 0.3) is 0 Å². The molecule has 0 radical (unpaired) electrons. The lowest BCUT2D eigenvalue weighted by molar-refractivity contribution is -0.274. The maximum absolute atomic E-state index is 11.8. The standard InChI is InChI=1S/C18H34O7S11/c1-26-3-2-24-25-9-32-14-36-16-35-13-31-8-23-18(21)5-28-11-34-15-33-10-27-4-17(20)22-7-30-12-29-6-19/h19H,2-16H2,1H3. The van der Waals surface area contributed by atoms with Crippen molar-refractivity contribution in [1.82, 2.24) is 0 Å². The summed E-state index contributed by atoms with van der Waals surface area (Å²) in [6.07, 6.45) is 2.04. The average molecular weight is 715 g/mol. The minimum Gasteiger partial charge on any atom is -0.454 e. The zero-order valence-electron chi connectivity index (χ0n) is 20.0. The molecule has 0 bridgehead atoms. The van der Waals surface area contributed by atoms with Crippen molar-refractivity contribution in [2.45, 2.75) is 0 Å². The molecule has 0 aromatic heterocycles. The maximum Gasteiger partial charge on any atom is 0.316 e. The molecule has 214 valence electrons. The van der Waals surface area contributed by atoms with Gasteiger partial charge in [-0.3, -0.25) is 9.59 Å². The summed E-state index contributed by atoms with van der Waals surface area (Å²) in [5.74, 6) is 2.66. The number of hydrogen-bond acceptors (Lipinski definition) is 18. The summed E-state index contributed by atoms with van der Waals surface area (Å²) in [5.41, 5.74) is 0. The summed E-state index contributed by atoms with van der Waals surface area (Å²) in [4.78, 5) is 33.4. The van der Waals surface area contributed by atoms with Gasteiger partial charge in [0.15, 0.2) is 0 Å². The van der Waals surface area contributed by atoms with Gasteiger partial charge in [-0.2, -0.15) is 11.8 Å². The molecule has 0 amide bonds. The van der Waals surface area contributed by atoms with E-state index < -0.39 is 0 Å². The third-order valence-electron chi connectivity index (χ3n) is 2.89. The van der Waals surface area contributed by atoms with Crippen molar-refractivity contribution in [3.05, 3.63) is 0 Å². The van der Waals surface area contributed by atoms with Crippen LogP contribution in [-0.2, 0) is 28.8 Å². The highest BCUT2D eigenvalue weighted by Crippen LogP contribution is 2.23. The van der Waals surface area contributed by atoms with E-state index in [1.54, 1.807) is 82.3 Å². The van der Waals surface area contributed by atoms with Crippen molar-refractivity contribution in [3.63, 3.8) is 0 Å². The van der Waals surface area contributed by atoms with Crippen LogP contribution in [0, 0.1) is 0 Å². The van der Waals surface area contributed by atoms with Gasteiger partial charge in [0.2, 0.25) is 0 Å². The molecule has 0 fully saturated rings. The number of thioether (sulfide) groups is 11. The number of hydrogen-bond donors (Lipinski definition) is 1. The number of aliphatic hydroxyl groups is 1.